The van der Waals surface area contributed by atoms with Gasteiger partial charge in [-0.3, -0.25) is 4.79 Å². The zero-order chi connectivity index (χ0) is 15.5. The molecule has 110 valence electrons. The largest absolute Gasteiger partial charge is 0.497 e. The molecule has 2 aromatic rings. The summed E-state index contributed by atoms with van der Waals surface area (Å²) in [7, 11) is 1.60. The number of methoxy groups -OCH3 is 1. The molecule has 0 aliphatic carbocycles. The fraction of sp³-hybridized carbons (Fsp3) is 0.188. The highest BCUT2D eigenvalue weighted by atomic mass is 79.9. The van der Waals surface area contributed by atoms with Gasteiger partial charge in [0.1, 0.15) is 11.3 Å². The zero-order valence-corrected chi connectivity index (χ0v) is 13.5. The zero-order valence-electron chi connectivity index (χ0n) is 11.9. The summed E-state index contributed by atoms with van der Waals surface area (Å²) in [6.07, 6.45) is 0. The van der Waals surface area contributed by atoms with Crippen molar-refractivity contribution in [3.8, 4) is 5.75 Å². The Hall–Kier alpha value is -2.01. The Morgan fingerprint density at radius 2 is 1.95 bits per heavy atom. The summed E-state index contributed by atoms with van der Waals surface area (Å²) in [5.74, 6) is 0.246. The number of nitrogens with two attached hydrogens (primary N) is 1. The lowest BCUT2D eigenvalue weighted by Gasteiger charge is -2.30. The van der Waals surface area contributed by atoms with Gasteiger partial charge in [-0.1, -0.05) is 40.2 Å². The molecule has 0 fully saturated rings. The van der Waals surface area contributed by atoms with Crippen molar-refractivity contribution >= 4 is 27.5 Å². The van der Waals surface area contributed by atoms with Gasteiger partial charge >= 0.3 is 0 Å². The molecule has 0 saturated heterocycles. The standard InChI is InChI=1S/C16H17BrN2O2/c1-16(15(18)20,13-8-3-4-9-14(13)17)19-11-6-5-7-12(10-11)21-2/h3-10,19H,1-2H3,(H2,18,20). The van der Waals surface area contributed by atoms with Crippen molar-refractivity contribution in [1.82, 2.24) is 0 Å². The van der Waals surface area contributed by atoms with Gasteiger partial charge in [0.05, 0.1) is 7.11 Å². The van der Waals surface area contributed by atoms with Crippen molar-refractivity contribution in [3.63, 3.8) is 0 Å². The third kappa shape index (κ3) is 3.19. The molecule has 0 aliphatic heterocycles. The minimum atomic E-state index is -1.04. The molecule has 1 amide bonds. The van der Waals surface area contributed by atoms with Gasteiger partial charge in [0.2, 0.25) is 5.91 Å². The Morgan fingerprint density at radius 3 is 2.57 bits per heavy atom. The number of anilines is 1. The van der Waals surface area contributed by atoms with Crippen LogP contribution in [0, 0.1) is 0 Å². The number of hydrogen-bond acceptors (Lipinski definition) is 3. The Kier molecular flexibility index (Phi) is 4.53. The van der Waals surface area contributed by atoms with Crippen molar-refractivity contribution < 1.29 is 9.53 Å². The molecule has 5 heteroatoms. The van der Waals surface area contributed by atoms with E-state index < -0.39 is 11.4 Å². The minimum Gasteiger partial charge on any atom is -0.497 e. The first-order valence-electron chi connectivity index (χ1n) is 6.44. The van der Waals surface area contributed by atoms with Gasteiger partial charge in [-0.2, -0.15) is 0 Å². The van der Waals surface area contributed by atoms with Gasteiger partial charge in [0.25, 0.3) is 0 Å². The second kappa shape index (κ2) is 6.18. The lowest BCUT2D eigenvalue weighted by Crippen LogP contribution is -2.45. The Labute approximate surface area is 132 Å². The number of carbonyl (C=O) groups is 1. The van der Waals surface area contributed by atoms with Gasteiger partial charge in [-0.05, 0) is 25.1 Å². The summed E-state index contributed by atoms with van der Waals surface area (Å²) in [4.78, 5) is 12.0. The average molecular weight is 349 g/mol. The van der Waals surface area contributed by atoms with Crippen LogP contribution < -0.4 is 15.8 Å². The molecule has 1 atom stereocenters. The fourth-order valence-electron chi connectivity index (χ4n) is 2.12. The molecule has 1 unspecified atom stereocenters. The van der Waals surface area contributed by atoms with Gasteiger partial charge in [0, 0.05) is 21.8 Å². The molecule has 3 N–H and O–H groups in total. The molecule has 2 aromatic carbocycles. The van der Waals surface area contributed by atoms with Crippen molar-refractivity contribution in [3.05, 3.63) is 58.6 Å². The predicted molar refractivity (Wildman–Crippen MR) is 87.3 cm³/mol. The second-order valence-corrected chi connectivity index (χ2v) is 5.68. The first kappa shape index (κ1) is 15.4. The van der Waals surface area contributed by atoms with Crippen LogP contribution >= 0.6 is 15.9 Å². The molecule has 4 nitrogen and oxygen atoms in total. The highest BCUT2D eigenvalue weighted by molar-refractivity contribution is 9.10. The van der Waals surface area contributed by atoms with E-state index in [1.54, 1.807) is 14.0 Å². The van der Waals surface area contributed by atoms with E-state index >= 15 is 0 Å². The molecule has 0 radical (unpaired) electrons. The van der Waals surface area contributed by atoms with E-state index in [-0.39, 0.29) is 0 Å². The van der Waals surface area contributed by atoms with Crippen molar-refractivity contribution in [1.29, 1.82) is 0 Å². The number of amides is 1. The quantitative estimate of drug-likeness (QED) is 0.871. The van der Waals surface area contributed by atoms with E-state index in [1.807, 2.05) is 48.5 Å². The van der Waals surface area contributed by atoms with Crippen LogP contribution in [0.4, 0.5) is 5.69 Å². The Balaban J connectivity index is 2.44. The normalized spacial score (nSPS) is 13.3. The third-order valence-electron chi connectivity index (χ3n) is 3.37. The SMILES string of the molecule is COc1cccc(NC(C)(C(N)=O)c2ccccc2Br)c1. The second-order valence-electron chi connectivity index (χ2n) is 4.83. The number of halogens is 1. The maximum atomic E-state index is 12.0. The Bertz CT molecular complexity index is 660. The van der Waals surface area contributed by atoms with Crippen LogP contribution in [-0.4, -0.2) is 13.0 Å². The van der Waals surface area contributed by atoms with E-state index in [9.17, 15) is 4.79 Å². The van der Waals surface area contributed by atoms with Crippen molar-refractivity contribution in [2.75, 3.05) is 12.4 Å². The monoisotopic (exact) mass is 348 g/mol. The molecule has 0 bridgehead atoms. The van der Waals surface area contributed by atoms with Crippen molar-refractivity contribution in [2.45, 2.75) is 12.5 Å². The van der Waals surface area contributed by atoms with E-state index in [0.29, 0.717) is 5.75 Å². The van der Waals surface area contributed by atoms with Crippen LogP contribution in [0.3, 0.4) is 0 Å². The van der Waals surface area contributed by atoms with Crippen molar-refractivity contribution in [2.24, 2.45) is 5.73 Å². The molecule has 21 heavy (non-hydrogen) atoms. The highest BCUT2D eigenvalue weighted by Gasteiger charge is 2.34. The maximum Gasteiger partial charge on any atom is 0.247 e. The number of hydrogen-bond donors (Lipinski definition) is 2. The number of ether oxygens (including phenoxy) is 1. The van der Waals surface area contributed by atoms with Gasteiger partial charge in [-0.15, -0.1) is 0 Å². The summed E-state index contributed by atoms with van der Waals surface area (Å²) >= 11 is 3.47. The van der Waals surface area contributed by atoms with Crippen LogP contribution in [0.2, 0.25) is 0 Å². The summed E-state index contributed by atoms with van der Waals surface area (Å²) in [5, 5.41) is 3.20. The van der Waals surface area contributed by atoms with Crippen LogP contribution in [0.1, 0.15) is 12.5 Å². The number of nitrogens with one attached hydrogen (secondary N) is 1. The summed E-state index contributed by atoms with van der Waals surface area (Å²) in [6.45, 7) is 1.76. The molecular formula is C16H17BrN2O2. The van der Waals surface area contributed by atoms with Gasteiger partial charge < -0.3 is 15.8 Å². The maximum absolute atomic E-state index is 12.0. The number of rotatable bonds is 5. The Morgan fingerprint density at radius 1 is 1.24 bits per heavy atom. The molecular weight excluding hydrogens is 332 g/mol. The molecule has 0 heterocycles. The van der Waals surface area contributed by atoms with E-state index in [1.165, 1.54) is 0 Å². The number of primary amides is 1. The van der Waals surface area contributed by atoms with Gasteiger partial charge in [-0.25, -0.2) is 0 Å². The topological polar surface area (TPSA) is 64.3 Å². The fourth-order valence-corrected chi connectivity index (χ4v) is 2.80. The van der Waals surface area contributed by atoms with E-state index in [0.717, 1.165) is 15.7 Å². The summed E-state index contributed by atoms with van der Waals surface area (Å²) in [5.41, 5.74) is 6.14. The number of carbonyl (C=O) groups excluding carboxylic acids is 1. The summed E-state index contributed by atoms with van der Waals surface area (Å²) < 4.78 is 6.01. The highest BCUT2D eigenvalue weighted by Crippen LogP contribution is 2.32. The van der Waals surface area contributed by atoms with Crippen LogP contribution in [0.15, 0.2) is 53.0 Å². The van der Waals surface area contributed by atoms with Gasteiger partial charge in [0.15, 0.2) is 0 Å². The average Bonchev–Trinajstić information content (AvgIpc) is 2.47. The minimum absolute atomic E-state index is 0.461. The molecule has 0 spiro atoms. The van der Waals surface area contributed by atoms with Crippen LogP contribution in [-0.2, 0) is 10.3 Å². The molecule has 0 aliphatic rings. The summed E-state index contributed by atoms with van der Waals surface area (Å²) in [6, 6.07) is 14.9. The van der Waals surface area contributed by atoms with Crippen LogP contribution in [0.5, 0.6) is 5.75 Å². The first-order chi connectivity index (χ1) is 9.97. The van der Waals surface area contributed by atoms with Crippen LogP contribution in [0.25, 0.3) is 0 Å². The predicted octanol–water partition coefficient (Wildman–Crippen LogP) is 3.27. The molecule has 0 aromatic heterocycles. The third-order valence-corrected chi connectivity index (χ3v) is 4.06. The molecule has 2 rings (SSSR count). The lowest BCUT2D eigenvalue weighted by molar-refractivity contribution is -0.122. The van der Waals surface area contributed by atoms with E-state index in [4.69, 9.17) is 10.5 Å². The van der Waals surface area contributed by atoms with E-state index in [2.05, 4.69) is 21.2 Å². The number of benzene rings is 2. The lowest BCUT2D eigenvalue weighted by atomic mass is 9.91. The first-order valence-corrected chi connectivity index (χ1v) is 7.24. The molecule has 0 saturated carbocycles. The smallest absolute Gasteiger partial charge is 0.247 e.